The average Bonchev–Trinajstić information content (AvgIpc) is 2.97. The quantitative estimate of drug-likeness (QED) is 0.830. The number of benzene rings is 1. The van der Waals surface area contributed by atoms with Crippen LogP contribution >= 0.6 is 24.2 Å². The summed E-state index contributed by atoms with van der Waals surface area (Å²) in [5.74, 6) is 0.927. The van der Waals surface area contributed by atoms with Gasteiger partial charge >= 0.3 is 5.51 Å². The number of carbonyl (C=O) groups is 1. The van der Waals surface area contributed by atoms with Crippen molar-refractivity contribution in [2.75, 3.05) is 26.2 Å². The minimum absolute atomic E-state index is 0. The molecule has 2 atom stereocenters. The molecule has 1 amide bonds. The van der Waals surface area contributed by atoms with Crippen molar-refractivity contribution < 1.29 is 18.0 Å². The Balaban J connectivity index is 0.00000176. The molecule has 2 fully saturated rings. The highest BCUT2D eigenvalue weighted by Gasteiger charge is 2.38. The van der Waals surface area contributed by atoms with Crippen molar-refractivity contribution in [3.05, 3.63) is 29.8 Å². The van der Waals surface area contributed by atoms with Gasteiger partial charge in [-0.25, -0.2) is 0 Å². The second kappa shape index (κ2) is 6.68. The van der Waals surface area contributed by atoms with Crippen LogP contribution in [0.3, 0.4) is 0 Å². The normalized spacial score (nSPS) is 24.0. The van der Waals surface area contributed by atoms with Gasteiger partial charge in [-0.15, -0.1) is 12.4 Å². The zero-order valence-electron chi connectivity index (χ0n) is 11.6. The van der Waals surface area contributed by atoms with E-state index in [0.717, 1.165) is 26.2 Å². The van der Waals surface area contributed by atoms with Gasteiger partial charge in [0.25, 0.3) is 5.91 Å². The Labute approximate surface area is 137 Å². The SMILES string of the molecule is Cl.O=C(c1ccc(SC(F)(F)F)cc1)N1C[C@H]2CNC[C@H]2C1. The number of nitrogens with zero attached hydrogens (tertiary/aromatic N) is 1. The van der Waals surface area contributed by atoms with Crippen molar-refractivity contribution in [3.8, 4) is 0 Å². The summed E-state index contributed by atoms with van der Waals surface area (Å²) in [6, 6.07) is 5.65. The molecule has 1 aromatic carbocycles. The topological polar surface area (TPSA) is 32.3 Å². The van der Waals surface area contributed by atoms with Crippen molar-refractivity contribution in [1.29, 1.82) is 0 Å². The molecule has 2 saturated heterocycles. The summed E-state index contributed by atoms with van der Waals surface area (Å²) in [5.41, 5.74) is -3.85. The van der Waals surface area contributed by atoms with Crippen molar-refractivity contribution in [1.82, 2.24) is 10.2 Å². The van der Waals surface area contributed by atoms with Crippen LogP contribution in [0, 0.1) is 11.8 Å². The van der Waals surface area contributed by atoms with Gasteiger partial charge in [0, 0.05) is 36.6 Å². The molecule has 0 unspecified atom stereocenters. The summed E-state index contributed by atoms with van der Waals surface area (Å²) >= 11 is -0.166. The van der Waals surface area contributed by atoms with Crippen LogP contribution in [-0.4, -0.2) is 42.5 Å². The van der Waals surface area contributed by atoms with Gasteiger partial charge in [0.15, 0.2) is 0 Å². The van der Waals surface area contributed by atoms with E-state index >= 15 is 0 Å². The number of alkyl halides is 3. The molecule has 0 radical (unpaired) electrons. The number of rotatable bonds is 2. The molecule has 8 heteroatoms. The maximum absolute atomic E-state index is 12.4. The highest BCUT2D eigenvalue weighted by atomic mass is 35.5. The fourth-order valence-corrected chi connectivity index (χ4v) is 3.54. The minimum Gasteiger partial charge on any atom is -0.338 e. The molecular formula is C14H16ClF3N2OS. The number of halogens is 4. The maximum Gasteiger partial charge on any atom is 0.446 e. The largest absolute Gasteiger partial charge is 0.446 e. The van der Waals surface area contributed by atoms with Crippen LogP contribution in [0.1, 0.15) is 10.4 Å². The lowest BCUT2D eigenvalue weighted by atomic mass is 10.0. The first-order valence-corrected chi connectivity index (χ1v) is 7.60. The monoisotopic (exact) mass is 352 g/mol. The van der Waals surface area contributed by atoms with Gasteiger partial charge < -0.3 is 10.2 Å². The number of likely N-dealkylation sites (tertiary alicyclic amines) is 1. The van der Waals surface area contributed by atoms with E-state index in [1.807, 2.05) is 4.90 Å². The first-order chi connectivity index (χ1) is 9.92. The Bertz CT molecular complexity index is 526. The van der Waals surface area contributed by atoms with Crippen molar-refractivity contribution >= 4 is 30.1 Å². The van der Waals surface area contributed by atoms with Gasteiger partial charge in [0.1, 0.15) is 0 Å². The summed E-state index contributed by atoms with van der Waals surface area (Å²) in [6.45, 7) is 3.34. The zero-order chi connectivity index (χ0) is 15.0. The van der Waals surface area contributed by atoms with E-state index in [1.165, 1.54) is 24.3 Å². The van der Waals surface area contributed by atoms with Crippen molar-refractivity contribution in [2.45, 2.75) is 10.4 Å². The van der Waals surface area contributed by atoms with E-state index < -0.39 is 5.51 Å². The Kier molecular flexibility index (Phi) is 5.29. The summed E-state index contributed by atoms with van der Waals surface area (Å²) in [7, 11) is 0. The molecule has 2 heterocycles. The molecule has 3 nitrogen and oxygen atoms in total. The molecule has 0 aliphatic carbocycles. The van der Waals surface area contributed by atoms with Gasteiger partial charge in [0.05, 0.1) is 0 Å². The van der Waals surface area contributed by atoms with Crippen LogP contribution < -0.4 is 5.32 Å². The van der Waals surface area contributed by atoms with Gasteiger partial charge in [-0.1, -0.05) is 0 Å². The molecule has 1 aromatic rings. The fourth-order valence-electron chi connectivity index (χ4n) is 3.00. The van der Waals surface area contributed by atoms with Crippen molar-refractivity contribution in [2.24, 2.45) is 11.8 Å². The average molecular weight is 353 g/mol. The third kappa shape index (κ3) is 3.88. The summed E-state index contributed by atoms with van der Waals surface area (Å²) in [4.78, 5) is 14.3. The predicted octanol–water partition coefficient (Wildman–Crippen LogP) is 3.01. The zero-order valence-corrected chi connectivity index (χ0v) is 13.2. The molecule has 1 N–H and O–H groups in total. The summed E-state index contributed by atoms with van der Waals surface area (Å²) in [5, 5.41) is 3.31. The van der Waals surface area contributed by atoms with E-state index in [1.54, 1.807) is 0 Å². The molecule has 3 rings (SSSR count). The van der Waals surface area contributed by atoms with E-state index in [4.69, 9.17) is 0 Å². The maximum atomic E-state index is 12.4. The number of hydrogen-bond donors (Lipinski definition) is 1. The van der Waals surface area contributed by atoms with Gasteiger partial charge in [0.2, 0.25) is 0 Å². The molecular weight excluding hydrogens is 337 g/mol. The summed E-state index contributed by atoms with van der Waals surface area (Å²) < 4.78 is 36.8. The van der Waals surface area contributed by atoms with Gasteiger partial charge in [-0.3, -0.25) is 4.79 Å². The molecule has 0 bridgehead atoms. The molecule has 0 aromatic heterocycles. The smallest absolute Gasteiger partial charge is 0.338 e. The standard InChI is InChI=1S/C14H15F3N2OS.ClH/c15-14(16,17)21-12-3-1-9(2-4-12)13(20)19-7-10-5-18-6-11(10)8-19;/h1-4,10-11,18H,5-8H2;1H/t10-,11+;. The highest BCUT2D eigenvalue weighted by Crippen LogP contribution is 2.37. The van der Waals surface area contributed by atoms with Crippen molar-refractivity contribution in [3.63, 3.8) is 0 Å². The fraction of sp³-hybridized carbons (Fsp3) is 0.500. The van der Waals surface area contributed by atoms with Crippen LogP contribution in [-0.2, 0) is 0 Å². The van der Waals surface area contributed by atoms with Crippen LogP contribution in [0.15, 0.2) is 29.2 Å². The lowest BCUT2D eigenvalue weighted by molar-refractivity contribution is -0.0328. The number of carbonyl (C=O) groups excluding carboxylic acids is 1. The first-order valence-electron chi connectivity index (χ1n) is 6.78. The second-order valence-electron chi connectivity index (χ2n) is 5.46. The van der Waals surface area contributed by atoms with E-state index in [2.05, 4.69) is 5.32 Å². The Morgan fingerprint density at radius 1 is 1.14 bits per heavy atom. The van der Waals surface area contributed by atoms with Crippen LogP contribution in [0.2, 0.25) is 0 Å². The summed E-state index contributed by atoms with van der Waals surface area (Å²) in [6.07, 6.45) is 0. The van der Waals surface area contributed by atoms with Gasteiger partial charge in [-0.05, 0) is 47.9 Å². The number of amides is 1. The number of nitrogens with one attached hydrogen (secondary N) is 1. The third-order valence-electron chi connectivity index (χ3n) is 4.01. The number of thioether (sulfide) groups is 1. The Hall–Kier alpha value is -0.920. The predicted molar refractivity (Wildman–Crippen MR) is 81.4 cm³/mol. The van der Waals surface area contributed by atoms with Gasteiger partial charge in [-0.2, -0.15) is 13.2 Å². The minimum atomic E-state index is -4.30. The lowest BCUT2D eigenvalue weighted by Gasteiger charge is -2.17. The molecule has 122 valence electrons. The Morgan fingerprint density at radius 3 is 2.18 bits per heavy atom. The van der Waals surface area contributed by atoms with E-state index in [9.17, 15) is 18.0 Å². The first kappa shape index (κ1) is 17.4. The highest BCUT2D eigenvalue weighted by molar-refractivity contribution is 8.00. The lowest BCUT2D eigenvalue weighted by Crippen LogP contribution is -2.31. The van der Waals surface area contributed by atoms with Crippen LogP contribution in [0.5, 0.6) is 0 Å². The van der Waals surface area contributed by atoms with Crippen LogP contribution in [0.25, 0.3) is 0 Å². The molecule has 0 saturated carbocycles. The van der Waals surface area contributed by atoms with E-state index in [-0.39, 0.29) is 35.0 Å². The van der Waals surface area contributed by atoms with E-state index in [0.29, 0.717) is 17.4 Å². The second-order valence-corrected chi connectivity index (χ2v) is 6.60. The third-order valence-corrected chi connectivity index (χ3v) is 4.75. The molecule has 0 spiro atoms. The number of hydrogen-bond acceptors (Lipinski definition) is 3. The molecule has 2 aliphatic rings. The molecule has 22 heavy (non-hydrogen) atoms. The Morgan fingerprint density at radius 2 is 1.68 bits per heavy atom. The number of fused-ring (bicyclic) bond motifs is 1. The van der Waals surface area contributed by atoms with Crippen LogP contribution in [0.4, 0.5) is 13.2 Å². The molecule has 2 aliphatic heterocycles.